The number of halogens is 3. The molecule has 172 valence electrons. The molecule has 2 aromatic rings. The van der Waals surface area contributed by atoms with Gasteiger partial charge >= 0.3 is 6.18 Å². The van der Waals surface area contributed by atoms with Crippen LogP contribution in [0.4, 0.5) is 18.9 Å². The predicted molar refractivity (Wildman–Crippen MR) is 119 cm³/mol. The van der Waals surface area contributed by atoms with Gasteiger partial charge in [-0.2, -0.15) is 13.2 Å². The van der Waals surface area contributed by atoms with Gasteiger partial charge < -0.3 is 10.6 Å². The van der Waals surface area contributed by atoms with Gasteiger partial charge in [-0.1, -0.05) is 24.3 Å². The fraction of sp³-hybridized carbons (Fsp3) is 0.333. The summed E-state index contributed by atoms with van der Waals surface area (Å²) in [6, 6.07) is 12.7. The summed E-state index contributed by atoms with van der Waals surface area (Å²) in [7, 11) is 0. The Bertz CT molecular complexity index is 1140. The number of hydrogen-bond acceptors (Lipinski definition) is 5. The van der Waals surface area contributed by atoms with Crippen LogP contribution < -0.4 is 5.73 Å². The maximum atomic E-state index is 13.5. The smallest absolute Gasteiger partial charge is 0.399 e. The quantitative estimate of drug-likeness (QED) is 0.718. The SMILES string of the molecule is Nc1cccc(CN2CCC3=C(C2)C(=O)N(Cc2ccc(C(F)(F)F)cc2)C2=NCCN23)c1. The lowest BCUT2D eigenvalue weighted by molar-refractivity contribution is -0.137. The number of hydrogen-bond donors (Lipinski definition) is 1. The number of carbonyl (C=O) groups is 1. The summed E-state index contributed by atoms with van der Waals surface area (Å²) >= 11 is 0. The molecule has 0 fully saturated rings. The molecule has 0 bridgehead atoms. The first kappa shape index (κ1) is 21.5. The van der Waals surface area contributed by atoms with E-state index in [-0.39, 0.29) is 12.5 Å². The van der Waals surface area contributed by atoms with Crippen LogP contribution in [0, 0.1) is 0 Å². The maximum absolute atomic E-state index is 13.5. The zero-order chi connectivity index (χ0) is 23.2. The Morgan fingerprint density at radius 3 is 2.52 bits per heavy atom. The molecule has 2 N–H and O–H groups in total. The molecule has 5 rings (SSSR count). The summed E-state index contributed by atoms with van der Waals surface area (Å²) in [4.78, 5) is 24.0. The Morgan fingerprint density at radius 1 is 1.00 bits per heavy atom. The molecule has 0 unspecified atom stereocenters. The third kappa shape index (κ3) is 4.20. The number of alkyl halides is 3. The molecule has 0 saturated heterocycles. The topological polar surface area (TPSA) is 65.2 Å². The van der Waals surface area contributed by atoms with Gasteiger partial charge in [0.05, 0.1) is 24.2 Å². The highest BCUT2D eigenvalue weighted by Gasteiger charge is 2.41. The number of aliphatic imine (C=N–C) groups is 1. The highest BCUT2D eigenvalue weighted by atomic mass is 19.4. The Kier molecular flexibility index (Phi) is 5.36. The lowest BCUT2D eigenvalue weighted by atomic mass is 10.00. The Labute approximate surface area is 189 Å². The largest absolute Gasteiger partial charge is 0.416 e. The third-order valence-electron chi connectivity index (χ3n) is 6.26. The minimum absolute atomic E-state index is 0.126. The van der Waals surface area contributed by atoms with Crippen LogP contribution in [-0.4, -0.2) is 52.7 Å². The zero-order valence-electron chi connectivity index (χ0n) is 18.0. The third-order valence-corrected chi connectivity index (χ3v) is 6.26. The summed E-state index contributed by atoms with van der Waals surface area (Å²) < 4.78 is 38.7. The standard InChI is InChI=1S/C24H24F3N5O/c25-24(26,27)18-6-4-16(5-7-18)14-32-22(33)20-15-30(13-17-2-1-3-19(28)12-17)10-8-21(20)31-11-9-29-23(31)32/h1-7,12H,8-11,13-15,28H2. The normalized spacial score (nSPS) is 19.0. The number of rotatable bonds is 4. The van der Waals surface area contributed by atoms with Crippen molar-refractivity contribution in [2.45, 2.75) is 25.7 Å². The number of amides is 1. The number of carbonyl (C=O) groups excluding carboxylic acids is 1. The Hall–Kier alpha value is -3.33. The molecule has 0 saturated carbocycles. The molecule has 3 aliphatic heterocycles. The van der Waals surface area contributed by atoms with Crippen LogP contribution in [0.3, 0.4) is 0 Å². The lowest BCUT2D eigenvalue weighted by Crippen LogP contribution is -2.53. The molecule has 1 amide bonds. The first-order valence-corrected chi connectivity index (χ1v) is 10.9. The van der Waals surface area contributed by atoms with E-state index in [0.717, 1.165) is 41.9 Å². The molecule has 0 spiro atoms. The van der Waals surface area contributed by atoms with Gasteiger partial charge in [0.2, 0.25) is 5.96 Å². The molecular weight excluding hydrogens is 431 g/mol. The van der Waals surface area contributed by atoms with Crippen molar-refractivity contribution in [3.63, 3.8) is 0 Å². The second kappa shape index (κ2) is 8.22. The molecule has 2 aromatic carbocycles. The summed E-state index contributed by atoms with van der Waals surface area (Å²) in [5.41, 5.74) is 9.38. The minimum Gasteiger partial charge on any atom is -0.399 e. The fourth-order valence-corrected chi connectivity index (χ4v) is 4.68. The van der Waals surface area contributed by atoms with Gasteiger partial charge in [-0.25, -0.2) is 0 Å². The predicted octanol–water partition coefficient (Wildman–Crippen LogP) is 3.46. The van der Waals surface area contributed by atoms with Crippen molar-refractivity contribution in [1.82, 2.24) is 14.7 Å². The van der Waals surface area contributed by atoms with E-state index >= 15 is 0 Å². The Morgan fingerprint density at radius 2 is 1.79 bits per heavy atom. The van der Waals surface area contributed by atoms with Gasteiger partial charge in [-0.15, -0.1) is 0 Å². The number of nitrogen functional groups attached to an aromatic ring is 1. The molecule has 0 aliphatic carbocycles. The molecule has 3 heterocycles. The molecule has 6 nitrogen and oxygen atoms in total. The minimum atomic E-state index is -4.39. The second-order valence-corrected chi connectivity index (χ2v) is 8.55. The fourth-order valence-electron chi connectivity index (χ4n) is 4.68. The van der Waals surface area contributed by atoms with Crippen molar-refractivity contribution in [1.29, 1.82) is 0 Å². The van der Waals surface area contributed by atoms with Gasteiger partial charge in [-0.3, -0.25) is 19.6 Å². The van der Waals surface area contributed by atoms with E-state index in [1.165, 1.54) is 12.1 Å². The van der Waals surface area contributed by atoms with E-state index in [4.69, 9.17) is 5.73 Å². The number of anilines is 1. The van der Waals surface area contributed by atoms with E-state index in [1.54, 1.807) is 4.90 Å². The van der Waals surface area contributed by atoms with Crippen molar-refractivity contribution < 1.29 is 18.0 Å². The number of benzene rings is 2. The summed E-state index contributed by atoms with van der Waals surface area (Å²) in [5.74, 6) is 0.474. The molecule has 33 heavy (non-hydrogen) atoms. The monoisotopic (exact) mass is 455 g/mol. The number of nitrogens with two attached hydrogens (primary N) is 1. The van der Waals surface area contributed by atoms with Gasteiger partial charge in [0.1, 0.15) is 0 Å². The van der Waals surface area contributed by atoms with Crippen molar-refractivity contribution >= 4 is 17.6 Å². The van der Waals surface area contributed by atoms with Gasteiger partial charge in [0.15, 0.2) is 0 Å². The van der Waals surface area contributed by atoms with Crippen LogP contribution in [-0.2, 0) is 24.1 Å². The Balaban J connectivity index is 1.37. The van der Waals surface area contributed by atoms with Crippen molar-refractivity contribution in [3.8, 4) is 0 Å². The summed E-state index contributed by atoms with van der Waals surface area (Å²) in [6.07, 6.45) is -3.64. The highest BCUT2D eigenvalue weighted by Crippen LogP contribution is 2.33. The van der Waals surface area contributed by atoms with E-state index in [0.29, 0.717) is 43.4 Å². The van der Waals surface area contributed by atoms with Crippen LogP contribution >= 0.6 is 0 Å². The lowest BCUT2D eigenvalue weighted by Gasteiger charge is -2.42. The second-order valence-electron chi connectivity index (χ2n) is 8.55. The zero-order valence-corrected chi connectivity index (χ0v) is 18.0. The molecular formula is C24H24F3N5O. The first-order chi connectivity index (χ1) is 15.8. The molecule has 0 aromatic heterocycles. The van der Waals surface area contributed by atoms with Crippen LogP contribution in [0.1, 0.15) is 23.1 Å². The van der Waals surface area contributed by atoms with Crippen LogP contribution in [0.25, 0.3) is 0 Å². The summed E-state index contributed by atoms with van der Waals surface area (Å²) in [5, 5.41) is 0. The van der Waals surface area contributed by atoms with Crippen molar-refractivity contribution in [3.05, 3.63) is 76.5 Å². The number of nitrogens with zero attached hydrogens (tertiary/aromatic N) is 4. The highest BCUT2D eigenvalue weighted by molar-refractivity contribution is 6.09. The van der Waals surface area contributed by atoms with E-state index < -0.39 is 11.7 Å². The van der Waals surface area contributed by atoms with Gasteiger partial charge in [0, 0.05) is 44.0 Å². The molecule has 3 aliphatic rings. The number of guanidine groups is 1. The van der Waals surface area contributed by atoms with Gasteiger partial charge in [-0.05, 0) is 35.4 Å². The average molecular weight is 455 g/mol. The maximum Gasteiger partial charge on any atom is 0.416 e. The van der Waals surface area contributed by atoms with Crippen molar-refractivity contribution in [2.75, 3.05) is 31.9 Å². The molecule has 0 atom stereocenters. The number of fused-ring (bicyclic) bond motifs is 2. The van der Waals surface area contributed by atoms with Crippen LogP contribution in [0.5, 0.6) is 0 Å². The first-order valence-electron chi connectivity index (χ1n) is 10.9. The molecule has 9 heteroatoms. The van der Waals surface area contributed by atoms with E-state index in [2.05, 4.69) is 14.8 Å². The average Bonchev–Trinajstić information content (AvgIpc) is 3.26. The summed E-state index contributed by atoms with van der Waals surface area (Å²) in [6.45, 7) is 3.50. The van der Waals surface area contributed by atoms with E-state index in [1.807, 2.05) is 24.3 Å². The van der Waals surface area contributed by atoms with Crippen molar-refractivity contribution in [2.24, 2.45) is 4.99 Å². The van der Waals surface area contributed by atoms with Crippen LogP contribution in [0.2, 0.25) is 0 Å². The van der Waals surface area contributed by atoms with Crippen LogP contribution in [0.15, 0.2) is 64.8 Å². The molecule has 0 radical (unpaired) electrons. The van der Waals surface area contributed by atoms with E-state index in [9.17, 15) is 18.0 Å². The van der Waals surface area contributed by atoms with Gasteiger partial charge in [0.25, 0.3) is 5.91 Å².